The van der Waals surface area contributed by atoms with E-state index in [4.69, 9.17) is 10.2 Å². The van der Waals surface area contributed by atoms with Gasteiger partial charge in [-0.1, -0.05) is 18.2 Å². The van der Waals surface area contributed by atoms with Crippen molar-refractivity contribution in [2.24, 2.45) is 0 Å². The van der Waals surface area contributed by atoms with Gasteiger partial charge in [0.15, 0.2) is 0 Å². The van der Waals surface area contributed by atoms with Crippen molar-refractivity contribution in [2.75, 3.05) is 0 Å². The first-order valence-corrected chi connectivity index (χ1v) is 5.82. The zero-order chi connectivity index (χ0) is 12.3. The van der Waals surface area contributed by atoms with Crippen molar-refractivity contribution >= 4 is 29.0 Å². The lowest BCUT2D eigenvalue weighted by atomic mass is 10.1. The monoisotopic (exact) mass is 246 g/mol. The van der Waals surface area contributed by atoms with Crippen molar-refractivity contribution in [2.45, 2.75) is 0 Å². The Hall–Kier alpha value is -2.07. The Morgan fingerprint density at radius 2 is 1.88 bits per heavy atom. The van der Waals surface area contributed by atoms with Gasteiger partial charge in [0.25, 0.3) is 0 Å². The zero-order valence-electron chi connectivity index (χ0n) is 8.83. The summed E-state index contributed by atoms with van der Waals surface area (Å²) in [6, 6.07) is 9.98. The van der Waals surface area contributed by atoms with Crippen LogP contribution < -0.4 is 0 Å². The van der Waals surface area contributed by atoms with Gasteiger partial charge in [-0.15, -0.1) is 11.3 Å². The minimum absolute atomic E-state index is 0.162. The fourth-order valence-corrected chi connectivity index (χ4v) is 2.14. The second kappa shape index (κ2) is 4.84. The summed E-state index contributed by atoms with van der Waals surface area (Å²) in [5.41, 5.74) is 0.999. The van der Waals surface area contributed by atoms with Gasteiger partial charge < -0.3 is 10.2 Å². The van der Waals surface area contributed by atoms with Crippen LogP contribution in [-0.2, 0) is 4.79 Å². The molecule has 3 nitrogen and oxygen atoms in total. The SMILES string of the molecule is O=C(O)/C(=C\c1ccc(O)cc1)c1cccs1. The topological polar surface area (TPSA) is 57.5 Å². The number of benzene rings is 1. The number of phenols is 1. The van der Waals surface area contributed by atoms with Gasteiger partial charge in [0.05, 0.1) is 5.57 Å². The second-order valence-corrected chi connectivity index (χ2v) is 4.38. The maximum absolute atomic E-state index is 11.2. The van der Waals surface area contributed by atoms with Crippen LogP contribution in [0.1, 0.15) is 10.4 Å². The summed E-state index contributed by atoms with van der Waals surface area (Å²) in [5.74, 6) is -0.796. The van der Waals surface area contributed by atoms with Crippen molar-refractivity contribution in [3.63, 3.8) is 0 Å². The van der Waals surface area contributed by atoms with Gasteiger partial charge in [0, 0.05) is 4.88 Å². The number of hydrogen-bond donors (Lipinski definition) is 2. The predicted octanol–water partition coefficient (Wildman–Crippen LogP) is 3.08. The maximum atomic E-state index is 11.2. The van der Waals surface area contributed by atoms with E-state index in [9.17, 15) is 4.79 Å². The molecule has 0 saturated carbocycles. The molecule has 0 fully saturated rings. The molecule has 0 aliphatic carbocycles. The number of aliphatic carboxylic acids is 1. The van der Waals surface area contributed by atoms with Crippen LogP contribution in [0.5, 0.6) is 5.75 Å². The van der Waals surface area contributed by atoms with Gasteiger partial charge in [-0.05, 0) is 35.2 Å². The smallest absolute Gasteiger partial charge is 0.337 e. The van der Waals surface area contributed by atoms with E-state index in [2.05, 4.69) is 0 Å². The lowest BCUT2D eigenvalue weighted by Gasteiger charge is -2.00. The number of carboxylic acid groups (broad SMARTS) is 1. The molecule has 17 heavy (non-hydrogen) atoms. The Balaban J connectivity index is 2.40. The summed E-state index contributed by atoms with van der Waals surface area (Å²) in [6.45, 7) is 0. The molecule has 0 saturated heterocycles. The number of carboxylic acids is 1. The number of hydrogen-bond acceptors (Lipinski definition) is 3. The molecule has 86 valence electrons. The second-order valence-electron chi connectivity index (χ2n) is 3.43. The average Bonchev–Trinajstić information content (AvgIpc) is 2.81. The van der Waals surface area contributed by atoms with Crippen LogP contribution in [0.3, 0.4) is 0 Å². The van der Waals surface area contributed by atoms with E-state index in [-0.39, 0.29) is 11.3 Å². The van der Waals surface area contributed by atoms with E-state index in [1.807, 2.05) is 11.4 Å². The van der Waals surface area contributed by atoms with E-state index in [0.717, 1.165) is 5.56 Å². The lowest BCUT2D eigenvalue weighted by Crippen LogP contribution is -1.97. The van der Waals surface area contributed by atoms with Gasteiger partial charge >= 0.3 is 5.97 Å². The molecule has 0 atom stereocenters. The highest BCUT2D eigenvalue weighted by atomic mass is 32.1. The van der Waals surface area contributed by atoms with E-state index in [0.29, 0.717) is 4.88 Å². The molecule has 1 heterocycles. The number of aromatic hydroxyl groups is 1. The largest absolute Gasteiger partial charge is 0.508 e. The minimum Gasteiger partial charge on any atom is -0.508 e. The molecule has 0 aliphatic heterocycles. The highest BCUT2D eigenvalue weighted by Crippen LogP contribution is 2.23. The van der Waals surface area contributed by atoms with Crippen LogP contribution in [0.25, 0.3) is 11.6 Å². The third-order valence-electron chi connectivity index (χ3n) is 2.22. The van der Waals surface area contributed by atoms with Crippen LogP contribution in [-0.4, -0.2) is 16.2 Å². The molecule has 1 aromatic carbocycles. The quantitative estimate of drug-likeness (QED) is 0.818. The van der Waals surface area contributed by atoms with E-state index < -0.39 is 5.97 Å². The zero-order valence-corrected chi connectivity index (χ0v) is 9.65. The average molecular weight is 246 g/mol. The van der Waals surface area contributed by atoms with E-state index in [1.165, 1.54) is 23.5 Å². The van der Waals surface area contributed by atoms with Gasteiger partial charge in [0.2, 0.25) is 0 Å². The molecule has 0 amide bonds. The summed E-state index contributed by atoms with van der Waals surface area (Å²) < 4.78 is 0. The molecule has 0 bridgehead atoms. The van der Waals surface area contributed by atoms with Crippen LogP contribution in [0.4, 0.5) is 0 Å². The molecule has 0 aliphatic rings. The lowest BCUT2D eigenvalue weighted by molar-refractivity contribution is -0.130. The molecule has 2 rings (SSSR count). The van der Waals surface area contributed by atoms with Crippen LogP contribution in [0.15, 0.2) is 41.8 Å². The fourth-order valence-electron chi connectivity index (χ4n) is 1.41. The Morgan fingerprint density at radius 3 is 2.41 bits per heavy atom. The molecular weight excluding hydrogens is 236 g/mol. The molecule has 0 unspecified atom stereocenters. The Labute approximate surface area is 102 Å². The summed E-state index contributed by atoms with van der Waals surface area (Å²) in [4.78, 5) is 11.9. The number of thiophene rings is 1. The first-order chi connectivity index (χ1) is 8.16. The normalized spacial score (nSPS) is 11.4. The minimum atomic E-state index is -0.958. The molecule has 0 radical (unpaired) electrons. The van der Waals surface area contributed by atoms with Gasteiger partial charge in [-0.3, -0.25) is 0 Å². The number of carbonyl (C=O) groups is 1. The van der Waals surface area contributed by atoms with E-state index in [1.54, 1.807) is 24.3 Å². The summed E-state index contributed by atoms with van der Waals surface area (Å²) >= 11 is 1.38. The standard InChI is InChI=1S/C13H10O3S/c14-10-5-3-9(4-6-10)8-11(13(15)16)12-2-1-7-17-12/h1-8,14H,(H,15,16)/b11-8-. The van der Waals surface area contributed by atoms with Crippen molar-refractivity contribution < 1.29 is 15.0 Å². The van der Waals surface area contributed by atoms with Crippen molar-refractivity contribution in [1.29, 1.82) is 0 Å². The first-order valence-electron chi connectivity index (χ1n) is 4.95. The van der Waals surface area contributed by atoms with Gasteiger partial charge in [-0.25, -0.2) is 4.79 Å². The fraction of sp³-hybridized carbons (Fsp3) is 0. The Morgan fingerprint density at radius 1 is 1.18 bits per heavy atom. The van der Waals surface area contributed by atoms with Crippen molar-refractivity contribution in [3.05, 3.63) is 52.2 Å². The third-order valence-corrected chi connectivity index (χ3v) is 3.12. The van der Waals surface area contributed by atoms with Gasteiger partial charge in [0.1, 0.15) is 5.75 Å². The number of phenolic OH excluding ortho intramolecular Hbond substituents is 1. The highest BCUT2D eigenvalue weighted by Gasteiger charge is 2.11. The van der Waals surface area contributed by atoms with Crippen molar-refractivity contribution in [1.82, 2.24) is 0 Å². The van der Waals surface area contributed by atoms with E-state index >= 15 is 0 Å². The molecule has 2 N–H and O–H groups in total. The van der Waals surface area contributed by atoms with Gasteiger partial charge in [-0.2, -0.15) is 0 Å². The van der Waals surface area contributed by atoms with Crippen LogP contribution >= 0.6 is 11.3 Å². The third kappa shape index (κ3) is 2.73. The first kappa shape index (κ1) is 11.4. The van der Waals surface area contributed by atoms with Crippen molar-refractivity contribution in [3.8, 4) is 5.75 Å². The molecular formula is C13H10O3S. The Kier molecular flexibility index (Phi) is 3.25. The molecule has 4 heteroatoms. The highest BCUT2D eigenvalue weighted by molar-refractivity contribution is 7.11. The summed E-state index contributed by atoms with van der Waals surface area (Å²) in [6.07, 6.45) is 1.59. The molecule has 1 aromatic heterocycles. The maximum Gasteiger partial charge on any atom is 0.337 e. The predicted molar refractivity (Wildman–Crippen MR) is 67.9 cm³/mol. The summed E-state index contributed by atoms with van der Waals surface area (Å²) in [5, 5.41) is 20.1. The molecule has 0 spiro atoms. The van der Waals surface area contributed by atoms with Crippen LogP contribution in [0, 0.1) is 0 Å². The number of rotatable bonds is 3. The Bertz CT molecular complexity index is 539. The van der Waals surface area contributed by atoms with Crippen LogP contribution in [0.2, 0.25) is 0 Å². The summed E-state index contributed by atoms with van der Waals surface area (Å²) in [7, 11) is 0. The molecule has 2 aromatic rings.